The number of aromatic nitrogens is 2. The normalized spacial score (nSPS) is 11.9. The van der Waals surface area contributed by atoms with Crippen LogP contribution in [0.3, 0.4) is 0 Å². The number of benzene rings is 2. The Labute approximate surface area is 135 Å². The Hall–Kier alpha value is -2.48. The number of rotatable bonds is 1. The molecule has 24 heavy (non-hydrogen) atoms. The first-order valence-corrected chi connectivity index (χ1v) is 6.81. The molecule has 9 heteroatoms. The standard InChI is InChI=1S/C15H6ClF5N2O/c16-12-6(2-1-3-8(12)15(19,20)21)13-22-11-5-10(18)9(17)4-7(11)14(24)23-13/h1-5H,(H,22,23,24). The van der Waals surface area contributed by atoms with Gasteiger partial charge in [-0.3, -0.25) is 4.79 Å². The third-order valence-corrected chi connectivity index (χ3v) is 3.71. The number of fused-ring (bicyclic) bond motifs is 1. The molecule has 0 atom stereocenters. The Bertz CT molecular complexity index is 1010. The molecule has 1 heterocycles. The van der Waals surface area contributed by atoms with Crippen LogP contribution in [0.1, 0.15) is 5.56 Å². The number of hydrogen-bond donors (Lipinski definition) is 1. The van der Waals surface area contributed by atoms with Crippen LogP contribution in [0.5, 0.6) is 0 Å². The van der Waals surface area contributed by atoms with E-state index in [1.807, 2.05) is 0 Å². The average Bonchev–Trinajstić information content (AvgIpc) is 2.48. The molecule has 3 nitrogen and oxygen atoms in total. The van der Waals surface area contributed by atoms with Crippen molar-refractivity contribution in [1.29, 1.82) is 0 Å². The van der Waals surface area contributed by atoms with Crippen molar-refractivity contribution >= 4 is 22.5 Å². The van der Waals surface area contributed by atoms with E-state index in [1.54, 1.807) is 0 Å². The maximum absolute atomic E-state index is 13.3. The number of H-pyrrole nitrogens is 1. The first-order valence-electron chi connectivity index (χ1n) is 6.43. The van der Waals surface area contributed by atoms with Gasteiger partial charge >= 0.3 is 6.18 Å². The van der Waals surface area contributed by atoms with E-state index in [2.05, 4.69) is 9.97 Å². The van der Waals surface area contributed by atoms with Crippen molar-refractivity contribution in [2.24, 2.45) is 0 Å². The molecule has 1 N–H and O–H groups in total. The monoisotopic (exact) mass is 360 g/mol. The number of nitrogens with zero attached hydrogens (tertiary/aromatic N) is 1. The van der Waals surface area contributed by atoms with E-state index in [0.717, 1.165) is 12.1 Å². The van der Waals surface area contributed by atoms with E-state index in [9.17, 15) is 26.7 Å². The van der Waals surface area contributed by atoms with Crippen LogP contribution in [0, 0.1) is 11.6 Å². The number of aromatic amines is 1. The molecule has 0 spiro atoms. The van der Waals surface area contributed by atoms with Gasteiger partial charge in [-0.25, -0.2) is 13.8 Å². The van der Waals surface area contributed by atoms with Gasteiger partial charge in [0.15, 0.2) is 11.6 Å². The maximum Gasteiger partial charge on any atom is 0.417 e. The molecule has 0 fully saturated rings. The van der Waals surface area contributed by atoms with E-state index in [-0.39, 0.29) is 22.3 Å². The second-order valence-electron chi connectivity index (χ2n) is 4.86. The van der Waals surface area contributed by atoms with E-state index in [0.29, 0.717) is 12.1 Å². The van der Waals surface area contributed by atoms with Gasteiger partial charge in [-0.05, 0) is 18.2 Å². The summed E-state index contributed by atoms with van der Waals surface area (Å²) >= 11 is 5.77. The van der Waals surface area contributed by atoms with Crippen molar-refractivity contribution in [2.75, 3.05) is 0 Å². The topological polar surface area (TPSA) is 45.8 Å². The van der Waals surface area contributed by atoms with Gasteiger partial charge in [-0.2, -0.15) is 13.2 Å². The molecule has 3 rings (SSSR count). The van der Waals surface area contributed by atoms with E-state index < -0.39 is 34.0 Å². The van der Waals surface area contributed by atoms with Gasteiger partial charge in [0.25, 0.3) is 5.56 Å². The van der Waals surface area contributed by atoms with Crippen molar-refractivity contribution in [3.8, 4) is 11.4 Å². The highest BCUT2D eigenvalue weighted by atomic mass is 35.5. The molecule has 124 valence electrons. The van der Waals surface area contributed by atoms with Gasteiger partial charge in [0.05, 0.1) is 21.5 Å². The van der Waals surface area contributed by atoms with Crippen molar-refractivity contribution in [2.45, 2.75) is 6.18 Å². The van der Waals surface area contributed by atoms with Crippen LogP contribution in [-0.4, -0.2) is 9.97 Å². The molecule has 0 radical (unpaired) electrons. The number of hydrogen-bond acceptors (Lipinski definition) is 2. The SMILES string of the molecule is O=c1[nH]c(-c2cccc(C(F)(F)F)c2Cl)nc2cc(F)c(F)cc12. The number of alkyl halides is 3. The third-order valence-electron chi connectivity index (χ3n) is 3.31. The Balaban J connectivity index is 2.28. The summed E-state index contributed by atoms with van der Waals surface area (Å²) in [5, 5.41) is -0.893. The van der Waals surface area contributed by atoms with Crippen LogP contribution in [0.4, 0.5) is 22.0 Å². The fourth-order valence-electron chi connectivity index (χ4n) is 2.20. The maximum atomic E-state index is 13.3. The molecular formula is C15H6ClF5N2O. The van der Waals surface area contributed by atoms with Crippen LogP contribution < -0.4 is 5.56 Å². The summed E-state index contributed by atoms with van der Waals surface area (Å²) in [5.41, 5.74) is -2.33. The summed E-state index contributed by atoms with van der Waals surface area (Å²) in [6.07, 6.45) is -4.69. The van der Waals surface area contributed by atoms with Crippen molar-refractivity contribution in [3.05, 3.63) is 62.9 Å². The van der Waals surface area contributed by atoms with Crippen LogP contribution in [-0.2, 0) is 6.18 Å². The summed E-state index contributed by atoms with van der Waals surface area (Å²) in [4.78, 5) is 18.1. The second kappa shape index (κ2) is 5.55. The van der Waals surface area contributed by atoms with Crippen molar-refractivity contribution < 1.29 is 22.0 Å². The fraction of sp³-hybridized carbons (Fsp3) is 0.0667. The third kappa shape index (κ3) is 2.73. The summed E-state index contributed by atoms with van der Waals surface area (Å²) in [7, 11) is 0. The van der Waals surface area contributed by atoms with Crippen molar-refractivity contribution in [1.82, 2.24) is 9.97 Å². The molecule has 0 unspecified atom stereocenters. The van der Waals surface area contributed by atoms with Gasteiger partial charge in [0.2, 0.25) is 0 Å². The van der Waals surface area contributed by atoms with Crippen LogP contribution in [0.15, 0.2) is 35.1 Å². The van der Waals surface area contributed by atoms with E-state index >= 15 is 0 Å². The molecule has 0 bridgehead atoms. The lowest BCUT2D eigenvalue weighted by molar-refractivity contribution is -0.137. The molecule has 0 amide bonds. The largest absolute Gasteiger partial charge is 0.417 e. The highest BCUT2D eigenvalue weighted by Crippen LogP contribution is 2.38. The van der Waals surface area contributed by atoms with E-state index in [1.165, 1.54) is 6.07 Å². The predicted molar refractivity (Wildman–Crippen MR) is 77.7 cm³/mol. The molecule has 0 aliphatic carbocycles. The molecule has 3 aromatic rings. The Morgan fingerprint density at radius 1 is 1.08 bits per heavy atom. The summed E-state index contributed by atoms with van der Waals surface area (Å²) in [5.74, 6) is -2.75. The van der Waals surface area contributed by atoms with Crippen molar-refractivity contribution in [3.63, 3.8) is 0 Å². The zero-order chi connectivity index (χ0) is 17.6. The molecular weight excluding hydrogens is 355 g/mol. The minimum absolute atomic E-state index is 0.185. The minimum Gasteiger partial charge on any atom is -0.306 e. The quantitative estimate of drug-likeness (QED) is 0.648. The first-order chi connectivity index (χ1) is 11.2. The lowest BCUT2D eigenvalue weighted by Crippen LogP contribution is -2.12. The zero-order valence-electron chi connectivity index (χ0n) is 11.5. The smallest absolute Gasteiger partial charge is 0.306 e. The van der Waals surface area contributed by atoms with Gasteiger partial charge in [0, 0.05) is 11.6 Å². The predicted octanol–water partition coefficient (Wildman–Crippen LogP) is 4.54. The molecule has 0 aliphatic rings. The fourth-order valence-corrected chi connectivity index (χ4v) is 2.52. The van der Waals surface area contributed by atoms with Gasteiger partial charge in [-0.1, -0.05) is 17.7 Å². The van der Waals surface area contributed by atoms with Gasteiger partial charge in [-0.15, -0.1) is 0 Å². The zero-order valence-corrected chi connectivity index (χ0v) is 12.3. The molecule has 0 saturated carbocycles. The molecule has 0 aliphatic heterocycles. The van der Waals surface area contributed by atoms with Crippen LogP contribution in [0.2, 0.25) is 5.02 Å². The number of halogens is 6. The summed E-state index contributed by atoms with van der Waals surface area (Å²) < 4.78 is 65.2. The van der Waals surface area contributed by atoms with E-state index in [4.69, 9.17) is 11.6 Å². The Morgan fingerprint density at radius 2 is 1.75 bits per heavy atom. The Morgan fingerprint density at radius 3 is 2.42 bits per heavy atom. The Kier molecular flexibility index (Phi) is 3.79. The highest BCUT2D eigenvalue weighted by molar-refractivity contribution is 6.34. The average molecular weight is 361 g/mol. The van der Waals surface area contributed by atoms with Crippen LogP contribution >= 0.6 is 11.6 Å². The number of nitrogens with one attached hydrogen (secondary N) is 1. The molecule has 0 saturated heterocycles. The lowest BCUT2D eigenvalue weighted by Gasteiger charge is -2.12. The lowest BCUT2D eigenvalue weighted by atomic mass is 10.1. The second-order valence-corrected chi connectivity index (χ2v) is 5.24. The highest BCUT2D eigenvalue weighted by Gasteiger charge is 2.34. The minimum atomic E-state index is -4.69. The molecule has 1 aromatic heterocycles. The molecule has 2 aromatic carbocycles. The summed E-state index contributed by atoms with van der Waals surface area (Å²) in [6.45, 7) is 0. The van der Waals surface area contributed by atoms with Gasteiger partial charge in [0.1, 0.15) is 5.82 Å². The first kappa shape index (κ1) is 16.4. The summed E-state index contributed by atoms with van der Waals surface area (Å²) in [6, 6.07) is 4.44. The van der Waals surface area contributed by atoms with Gasteiger partial charge < -0.3 is 4.98 Å². The van der Waals surface area contributed by atoms with Crippen LogP contribution in [0.25, 0.3) is 22.3 Å².